The molecule has 0 saturated heterocycles. The molecule has 0 aromatic carbocycles. The van der Waals surface area contributed by atoms with Crippen molar-refractivity contribution < 1.29 is 0 Å². The summed E-state index contributed by atoms with van der Waals surface area (Å²) in [5, 5.41) is 14.0. The zero-order valence-electron chi connectivity index (χ0n) is 14.9. The summed E-state index contributed by atoms with van der Waals surface area (Å²) in [4.78, 5) is 11.5. The van der Waals surface area contributed by atoms with Gasteiger partial charge in [-0.25, -0.2) is 4.99 Å². The third-order valence-electron chi connectivity index (χ3n) is 4.87. The quantitative estimate of drug-likeness (QED) is 0.624. The van der Waals surface area contributed by atoms with Gasteiger partial charge in [-0.2, -0.15) is 0 Å². The first-order valence-corrected chi connectivity index (χ1v) is 9.05. The zero-order valence-corrected chi connectivity index (χ0v) is 14.9. The molecule has 0 saturated carbocycles. The van der Waals surface area contributed by atoms with Gasteiger partial charge < -0.3 is 15.3 Å². The molecular weight excluding hydrogens is 334 g/mol. The number of aliphatic imine (C=N–C) groups is 1. The summed E-state index contributed by atoms with van der Waals surface area (Å²) in [6.07, 6.45) is 12.9. The highest BCUT2D eigenvalue weighted by Gasteiger charge is 2.22. The summed E-state index contributed by atoms with van der Waals surface area (Å²) in [6, 6.07) is 8.21. The first-order valence-electron chi connectivity index (χ1n) is 9.05. The Labute approximate surface area is 156 Å². The Balaban J connectivity index is 1.73. The fraction of sp³-hybridized carbons (Fsp3) is 0.0909. The van der Waals surface area contributed by atoms with Crippen molar-refractivity contribution in [3.05, 3.63) is 87.2 Å². The van der Waals surface area contributed by atoms with Gasteiger partial charge in [0.1, 0.15) is 0 Å². The lowest BCUT2D eigenvalue weighted by Gasteiger charge is -2.01. The first-order chi connectivity index (χ1) is 13.2. The number of hydrogen-bond donors (Lipinski definition) is 4. The molecule has 0 unspecified atom stereocenters. The van der Waals surface area contributed by atoms with E-state index in [9.17, 15) is 0 Å². The van der Waals surface area contributed by atoms with Crippen LogP contribution in [0.15, 0.2) is 70.2 Å². The third kappa shape index (κ3) is 2.83. The van der Waals surface area contributed by atoms with E-state index in [1.165, 1.54) is 0 Å². The van der Waals surface area contributed by atoms with Gasteiger partial charge in [0.05, 0.1) is 22.8 Å². The lowest BCUT2D eigenvalue weighted by molar-refractivity contribution is 1.08. The molecule has 132 valence electrons. The molecule has 3 aliphatic heterocycles. The molecule has 2 aromatic heterocycles. The molecule has 0 radical (unpaired) electrons. The standard InChI is InChI=1S/C22H19N5/c1-2-19-20-11-17-7-5-15(25-17)9-13-3-4-14(24-13)10-16-6-8-18(26-16)12-21(27-20)22(19)23/h3-12,23-25,27H,2H2,1H3. The normalized spacial score (nSPS) is 17.8. The fourth-order valence-corrected chi connectivity index (χ4v) is 3.56. The van der Waals surface area contributed by atoms with Crippen molar-refractivity contribution in [2.45, 2.75) is 13.3 Å². The van der Waals surface area contributed by atoms with Gasteiger partial charge in [0, 0.05) is 33.4 Å². The second kappa shape index (κ2) is 5.99. The van der Waals surface area contributed by atoms with Crippen LogP contribution in [0.25, 0.3) is 18.2 Å². The Hall–Kier alpha value is -3.60. The molecule has 0 spiro atoms. The van der Waals surface area contributed by atoms with Crippen molar-refractivity contribution in [3.63, 3.8) is 0 Å². The Morgan fingerprint density at radius 1 is 0.889 bits per heavy atom. The van der Waals surface area contributed by atoms with Gasteiger partial charge in [0.2, 0.25) is 0 Å². The number of H-pyrrole nitrogens is 2. The van der Waals surface area contributed by atoms with Crippen LogP contribution in [0.5, 0.6) is 0 Å². The van der Waals surface area contributed by atoms with Gasteiger partial charge in [-0.15, -0.1) is 0 Å². The average Bonchev–Trinajstić information content (AvgIpc) is 3.41. The number of rotatable bonds is 1. The van der Waals surface area contributed by atoms with Crippen molar-refractivity contribution >= 4 is 29.7 Å². The van der Waals surface area contributed by atoms with Gasteiger partial charge in [-0.05, 0) is 67.1 Å². The van der Waals surface area contributed by atoms with Crippen LogP contribution in [0.3, 0.4) is 0 Å². The van der Waals surface area contributed by atoms with E-state index < -0.39 is 0 Å². The summed E-state index contributed by atoms with van der Waals surface area (Å²) in [6.45, 7) is 2.08. The minimum Gasteiger partial charge on any atom is -0.355 e. The second-order valence-corrected chi connectivity index (χ2v) is 6.77. The van der Waals surface area contributed by atoms with Crippen molar-refractivity contribution in [1.29, 1.82) is 5.41 Å². The molecule has 5 nitrogen and oxygen atoms in total. The average molecular weight is 353 g/mol. The predicted octanol–water partition coefficient (Wildman–Crippen LogP) is 2.49. The largest absolute Gasteiger partial charge is 0.355 e. The zero-order chi connectivity index (χ0) is 18.4. The summed E-state index contributed by atoms with van der Waals surface area (Å²) >= 11 is 0. The van der Waals surface area contributed by atoms with E-state index in [4.69, 9.17) is 5.41 Å². The molecule has 0 atom stereocenters. The number of allylic oxidation sites excluding steroid dienone is 5. The lowest BCUT2D eigenvalue weighted by atomic mass is 10.1. The van der Waals surface area contributed by atoms with Gasteiger partial charge in [-0.1, -0.05) is 6.92 Å². The van der Waals surface area contributed by atoms with Gasteiger partial charge in [0.25, 0.3) is 0 Å². The highest BCUT2D eigenvalue weighted by Crippen LogP contribution is 2.23. The lowest BCUT2D eigenvalue weighted by Crippen LogP contribution is -2.14. The Bertz CT molecular complexity index is 1240. The van der Waals surface area contributed by atoms with Gasteiger partial charge >= 0.3 is 0 Å². The molecule has 5 heteroatoms. The molecule has 3 aliphatic rings. The maximum atomic E-state index is 8.53. The number of fused-ring (bicyclic) bond motifs is 7. The van der Waals surface area contributed by atoms with Crippen LogP contribution in [0.2, 0.25) is 0 Å². The van der Waals surface area contributed by atoms with Crippen molar-refractivity contribution in [2.24, 2.45) is 4.99 Å². The molecule has 27 heavy (non-hydrogen) atoms. The smallest absolute Gasteiger partial charge is 0.0828 e. The van der Waals surface area contributed by atoms with Crippen molar-refractivity contribution in [2.75, 3.05) is 0 Å². The summed E-state index contributed by atoms with van der Waals surface area (Å²) in [7, 11) is 0. The summed E-state index contributed by atoms with van der Waals surface area (Å²) < 4.78 is 0. The number of aromatic amines is 2. The maximum Gasteiger partial charge on any atom is 0.0828 e. The molecule has 0 amide bonds. The number of nitrogens with zero attached hydrogens (tertiary/aromatic N) is 1. The van der Waals surface area contributed by atoms with Crippen LogP contribution in [-0.2, 0) is 0 Å². The minimum absolute atomic E-state index is 0.536. The number of hydrogen-bond acceptors (Lipinski definition) is 3. The van der Waals surface area contributed by atoms with Crippen molar-refractivity contribution in [3.8, 4) is 0 Å². The number of nitrogens with one attached hydrogen (secondary N) is 4. The van der Waals surface area contributed by atoms with E-state index in [0.29, 0.717) is 5.71 Å². The second-order valence-electron chi connectivity index (χ2n) is 6.77. The van der Waals surface area contributed by atoms with Crippen molar-refractivity contribution in [1.82, 2.24) is 15.3 Å². The van der Waals surface area contributed by atoms with Crippen LogP contribution < -0.4 is 16.0 Å². The Kier molecular flexibility index (Phi) is 3.47. The van der Waals surface area contributed by atoms with Gasteiger partial charge in [-0.3, -0.25) is 5.41 Å². The SMILES string of the molecule is CCC1=C2C=c3ccc([nH]3)=Cc3ccc([nH]3)C=C3C=CC(=N3)C=C(N2)C1=N. The molecule has 5 rings (SSSR count). The maximum absolute atomic E-state index is 8.53. The van der Waals surface area contributed by atoms with E-state index in [2.05, 4.69) is 57.6 Å². The fourth-order valence-electron chi connectivity index (χ4n) is 3.56. The first kappa shape index (κ1) is 15.6. The van der Waals surface area contributed by atoms with E-state index in [0.717, 1.165) is 56.9 Å². The minimum atomic E-state index is 0.536. The predicted molar refractivity (Wildman–Crippen MR) is 110 cm³/mol. The molecule has 2 aromatic rings. The van der Waals surface area contributed by atoms with Crippen LogP contribution >= 0.6 is 0 Å². The van der Waals surface area contributed by atoms with Gasteiger partial charge in [0.15, 0.2) is 0 Å². The highest BCUT2D eigenvalue weighted by atomic mass is 15.0. The Morgan fingerprint density at radius 2 is 1.67 bits per heavy atom. The van der Waals surface area contributed by atoms with E-state index in [1.807, 2.05) is 30.4 Å². The van der Waals surface area contributed by atoms with Crippen LogP contribution in [0.1, 0.15) is 24.7 Å². The summed E-state index contributed by atoms with van der Waals surface area (Å²) in [5.41, 5.74) is 7.08. The van der Waals surface area contributed by atoms with E-state index >= 15 is 0 Å². The third-order valence-corrected chi connectivity index (χ3v) is 4.87. The molecule has 0 aliphatic carbocycles. The molecule has 0 fully saturated rings. The van der Waals surface area contributed by atoms with Crippen LogP contribution in [0, 0.1) is 5.41 Å². The topological polar surface area (TPSA) is 79.8 Å². The highest BCUT2D eigenvalue weighted by molar-refractivity contribution is 6.19. The molecule has 8 bridgehead atoms. The monoisotopic (exact) mass is 353 g/mol. The molecule has 5 heterocycles. The summed E-state index contributed by atoms with van der Waals surface area (Å²) in [5.74, 6) is 0. The van der Waals surface area contributed by atoms with E-state index in [1.54, 1.807) is 0 Å². The van der Waals surface area contributed by atoms with Crippen LogP contribution in [-0.4, -0.2) is 21.4 Å². The molecule has 4 N–H and O–H groups in total. The molecular formula is C22H19N5. The van der Waals surface area contributed by atoms with Crippen LogP contribution in [0.4, 0.5) is 0 Å². The number of aromatic nitrogens is 2. The van der Waals surface area contributed by atoms with E-state index in [-0.39, 0.29) is 0 Å². The Morgan fingerprint density at radius 3 is 2.48 bits per heavy atom.